The Kier molecular flexibility index (Phi) is 6.66. The van der Waals surface area contributed by atoms with Crippen LogP contribution in [0.3, 0.4) is 0 Å². The molecule has 0 heterocycles. The van der Waals surface area contributed by atoms with Crippen molar-refractivity contribution in [1.29, 1.82) is 0 Å². The van der Waals surface area contributed by atoms with Crippen molar-refractivity contribution in [3.63, 3.8) is 0 Å². The summed E-state index contributed by atoms with van der Waals surface area (Å²) in [5.74, 6) is -1.11. The molecular formula is C14H18N4O5. The Morgan fingerprint density at radius 2 is 1.83 bits per heavy atom. The number of hydrogen-bond acceptors (Lipinski definition) is 5. The van der Waals surface area contributed by atoms with E-state index in [1.54, 1.807) is 0 Å². The third-order valence-electron chi connectivity index (χ3n) is 2.96. The second-order valence-corrected chi connectivity index (χ2v) is 4.76. The van der Waals surface area contributed by atoms with Crippen LogP contribution in [0.15, 0.2) is 24.3 Å². The maximum absolute atomic E-state index is 11.8. The molecule has 3 N–H and O–H groups in total. The Labute approximate surface area is 132 Å². The zero-order valence-corrected chi connectivity index (χ0v) is 12.8. The van der Waals surface area contributed by atoms with E-state index in [2.05, 4.69) is 16.0 Å². The fraction of sp³-hybridized carbons (Fsp3) is 0.357. The van der Waals surface area contributed by atoms with Crippen molar-refractivity contribution < 1.29 is 19.3 Å². The molecule has 0 aromatic heterocycles. The Morgan fingerprint density at radius 1 is 1.22 bits per heavy atom. The molecular weight excluding hydrogens is 304 g/mol. The van der Waals surface area contributed by atoms with Gasteiger partial charge in [-0.3, -0.25) is 24.5 Å². The van der Waals surface area contributed by atoms with Gasteiger partial charge in [0.25, 0.3) is 5.69 Å². The number of nitro groups is 1. The number of non-ortho nitro benzene ring substituents is 1. The molecule has 0 aliphatic carbocycles. The van der Waals surface area contributed by atoms with Crippen LogP contribution >= 0.6 is 0 Å². The van der Waals surface area contributed by atoms with Gasteiger partial charge in [0.05, 0.1) is 4.92 Å². The minimum absolute atomic E-state index is 0.00928. The number of hydrogen-bond donors (Lipinski definition) is 3. The second-order valence-electron chi connectivity index (χ2n) is 4.76. The van der Waals surface area contributed by atoms with E-state index >= 15 is 0 Å². The lowest BCUT2D eigenvalue weighted by atomic mass is 10.1. The highest BCUT2D eigenvalue weighted by Crippen LogP contribution is 2.15. The third-order valence-corrected chi connectivity index (χ3v) is 2.96. The summed E-state index contributed by atoms with van der Waals surface area (Å²) in [5, 5.41) is 18.0. The zero-order chi connectivity index (χ0) is 17.4. The van der Waals surface area contributed by atoms with Gasteiger partial charge in [-0.15, -0.1) is 0 Å². The smallest absolute Gasteiger partial charge is 0.269 e. The summed E-state index contributed by atoms with van der Waals surface area (Å²) in [6.07, 6.45) is 0.146. The van der Waals surface area contributed by atoms with Gasteiger partial charge in [-0.2, -0.15) is 0 Å². The summed E-state index contributed by atoms with van der Waals surface area (Å²) in [6.45, 7) is 1.28. The van der Waals surface area contributed by atoms with Crippen LogP contribution in [0, 0.1) is 10.1 Å². The van der Waals surface area contributed by atoms with E-state index in [1.807, 2.05) is 0 Å². The lowest BCUT2D eigenvalue weighted by Gasteiger charge is -2.15. The molecule has 1 atom stereocenters. The summed E-state index contributed by atoms with van der Waals surface area (Å²) in [4.78, 5) is 44.5. The summed E-state index contributed by atoms with van der Waals surface area (Å²) < 4.78 is 0. The largest absolute Gasteiger partial charge is 0.357 e. The van der Waals surface area contributed by atoms with Crippen molar-refractivity contribution in [3.8, 4) is 0 Å². The third kappa shape index (κ3) is 6.12. The predicted molar refractivity (Wildman–Crippen MR) is 82.6 cm³/mol. The van der Waals surface area contributed by atoms with Crippen LogP contribution in [-0.2, 0) is 14.4 Å². The maximum Gasteiger partial charge on any atom is 0.269 e. The molecule has 0 aliphatic heterocycles. The monoisotopic (exact) mass is 322 g/mol. The molecule has 0 aliphatic rings. The molecule has 0 unspecified atom stereocenters. The highest BCUT2D eigenvalue weighted by Gasteiger charge is 2.19. The Morgan fingerprint density at radius 3 is 2.30 bits per heavy atom. The first kappa shape index (κ1) is 18.1. The molecule has 0 saturated carbocycles. The van der Waals surface area contributed by atoms with E-state index in [-0.39, 0.29) is 36.3 Å². The molecule has 1 rings (SSSR count). The first-order chi connectivity index (χ1) is 10.8. The molecule has 0 saturated heterocycles. The number of anilines is 1. The molecule has 9 nitrogen and oxygen atoms in total. The van der Waals surface area contributed by atoms with Gasteiger partial charge in [-0.25, -0.2) is 0 Å². The van der Waals surface area contributed by atoms with E-state index in [9.17, 15) is 24.5 Å². The average molecular weight is 322 g/mol. The van der Waals surface area contributed by atoms with Crippen molar-refractivity contribution in [2.45, 2.75) is 25.8 Å². The van der Waals surface area contributed by atoms with Gasteiger partial charge >= 0.3 is 0 Å². The first-order valence-corrected chi connectivity index (χ1v) is 6.86. The quantitative estimate of drug-likeness (QED) is 0.499. The second kappa shape index (κ2) is 8.47. The van der Waals surface area contributed by atoms with E-state index in [0.29, 0.717) is 5.69 Å². The van der Waals surface area contributed by atoms with Gasteiger partial charge in [0.1, 0.15) is 6.04 Å². The van der Waals surface area contributed by atoms with E-state index < -0.39 is 11.0 Å². The van der Waals surface area contributed by atoms with Crippen LogP contribution in [0.4, 0.5) is 11.4 Å². The molecule has 1 aromatic rings. The number of likely N-dealkylation sites (N-methyl/N-ethyl adjacent to an activating group) is 1. The fourth-order valence-corrected chi connectivity index (χ4v) is 1.85. The summed E-state index contributed by atoms with van der Waals surface area (Å²) >= 11 is 0. The van der Waals surface area contributed by atoms with Crippen LogP contribution in [0.25, 0.3) is 0 Å². The normalized spacial score (nSPS) is 11.2. The van der Waals surface area contributed by atoms with Crippen LogP contribution < -0.4 is 16.0 Å². The van der Waals surface area contributed by atoms with Crippen molar-refractivity contribution in [3.05, 3.63) is 34.4 Å². The van der Waals surface area contributed by atoms with Crippen LogP contribution in [-0.4, -0.2) is 35.7 Å². The Balaban J connectivity index is 2.56. The topological polar surface area (TPSA) is 130 Å². The van der Waals surface area contributed by atoms with Crippen molar-refractivity contribution in [1.82, 2.24) is 10.6 Å². The molecule has 9 heteroatoms. The Bertz CT molecular complexity index is 600. The molecule has 124 valence electrons. The van der Waals surface area contributed by atoms with Gasteiger partial charge in [-0.1, -0.05) is 0 Å². The van der Waals surface area contributed by atoms with Crippen molar-refractivity contribution in [2.24, 2.45) is 0 Å². The SMILES string of the molecule is CNC(=O)[C@@H](CCC(=O)Nc1ccc([N+](=O)[O-])cc1)NC(C)=O. The molecule has 0 radical (unpaired) electrons. The number of amides is 3. The standard InChI is InChI=1S/C14H18N4O5/c1-9(19)16-12(14(21)15-2)7-8-13(20)17-10-3-5-11(6-4-10)18(22)23/h3-6,12H,7-8H2,1-2H3,(H,15,21)(H,16,19)(H,17,20)/t12-/m1/s1. The molecule has 3 amide bonds. The number of benzene rings is 1. The summed E-state index contributed by atoms with van der Waals surface area (Å²) in [6, 6.07) is 4.60. The zero-order valence-electron chi connectivity index (χ0n) is 12.8. The van der Waals surface area contributed by atoms with Crippen molar-refractivity contribution >= 4 is 29.1 Å². The lowest BCUT2D eigenvalue weighted by molar-refractivity contribution is -0.384. The molecule has 1 aromatic carbocycles. The molecule has 0 fully saturated rings. The van der Waals surface area contributed by atoms with Gasteiger partial charge in [0, 0.05) is 38.2 Å². The number of nitrogens with zero attached hydrogens (tertiary/aromatic N) is 1. The maximum atomic E-state index is 11.8. The lowest BCUT2D eigenvalue weighted by Crippen LogP contribution is -2.45. The van der Waals surface area contributed by atoms with Gasteiger partial charge in [0.15, 0.2) is 0 Å². The number of nitrogens with one attached hydrogen (secondary N) is 3. The highest BCUT2D eigenvalue weighted by molar-refractivity contribution is 5.92. The first-order valence-electron chi connectivity index (χ1n) is 6.86. The number of nitro benzene ring substituents is 1. The van der Waals surface area contributed by atoms with Crippen LogP contribution in [0.2, 0.25) is 0 Å². The number of carbonyl (C=O) groups is 3. The Hall–Kier alpha value is -2.97. The van der Waals surface area contributed by atoms with Crippen molar-refractivity contribution in [2.75, 3.05) is 12.4 Å². The highest BCUT2D eigenvalue weighted by atomic mass is 16.6. The summed E-state index contributed by atoms with van der Waals surface area (Å²) in [5.41, 5.74) is 0.338. The molecule has 0 bridgehead atoms. The fourth-order valence-electron chi connectivity index (χ4n) is 1.85. The van der Waals surface area contributed by atoms with Gasteiger partial charge in [0.2, 0.25) is 17.7 Å². The molecule has 0 spiro atoms. The van der Waals surface area contributed by atoms with Gasteiger partial charge in [-0.05, 0) is 18.6 Å². The van der Waals surface area contributed by atoms with Crippen LogP contribution in [0.5, 0.6) is 0 Å². The predicted octanol–water partition coefficient (Wildman–Crippen LogP) is 0.564. The minimum atomic E-state index is -0.792. The van der Waals surface area contributed by atoms with Crippen LogP contribution in [0.1, 0.15) is 19.8 Å². The average Bonchev–Trinajstić information content (AvgIpc) is 2.50. The van der Waals surface area contributed by atoms with E-state index in [4.69, 9.17) is 0 Å². The minimum Gasteiger partial charge on any atom is -0.357 e. The van der Waals surface area contributed by atoms with E-state index in [1.165, 1.54) is 38.2 Å². The van der Waals surface area contributed by atoms with E-state index in [0.717, 1.165) is 0 Å². The number of rotatable bonds is 7. The van der Waals surface area contributed by atoms with Gasteiger partial charge < -0.3 is 16.0 Å². The summed E-state index contributed by atoms with van der Waals surface area (Å²) in [7, 11) is 1.44. The molecule has 23 heavy (non-hydrogen) atoms. The number of carbonyl (C=O) groups excluding carboxylic acids is 3.